The number of aliphatic hydroxyl groups is 1. The molecule has 1 aliphatic rings. The van der Waals surface area contributed by atoms with Crippen LogP contribution in [0.4, 0.5) is 17.1 Å². The molecule has 9 nitrogen and oxygen atoms in total. The zero-order valence-electron chi connectivity index (χ0n) is 18.8. The summed E-state index contributed by atoms with van der Waals surface area (Å²) >= 11 is 0. The molecule has 0 fully saturated rings. The molecule has 0 unspecified atom stereocenters. The Morgan fingerprint density at radius 2 is 2.12 bits per heavy atom. The van der Waals surface area contributed by atoms with Gasteiger partial charge in [0.1, 0.15) is 6.07 Å². The minimum Gasteiger partial charge on any atom is -0.390 e. The number of nitrogens with one attached hydrogen (secondary N) is 1. The standard InChI is InChI=1S/C24H25N7O2/c1-15(2)13-30(3)23-9-22-21(8-17(23)11-25)28-24(33)10-20(27-22)16-5-4-6-18(7-16)31-19(14-32)12-26-29-31/h4-9,12,15,32H,10,13-14H2,1-3H3,(H,28,33). The van der Waals surface area contributed by atoms with Gasteiger partial charge in [-0.25, -0.2) is 4.68 Å². The molecule has 0 atom stereocenters. The Balaban J connectivity index is 1.79. The third-order valence-electron chi connectivity index (χ3n) is 5.35. The number of benzene rings is 2. The summed E-state index contributed by atoms with van der Waals surface area (Å²) in [5.74, 6) is 0.212. The Morgan fingerprint density at radius 1 is 1.30 bits per heavy atom. The van der Waals surface area contributed by atoms with Crippen molar-refractivity contribution in [1.29, 1.82) is 5.26 Å². The van der Waals surface area contributed by atoms with Crippen LogP contribution in [0.2, 0.25) is 0 Å². The van der Waals surface area contributed by atoms with Crippen molar-refractivity contribution >= 4 is 28.7 Å². The maximum atomic E-state index is 12.7. The number of hydrogen-bond acceptors (Lipinski definition) is 7. The summed E-state index contributed by atoms with van der Waals surface area (Å²) in [7, 11) is 1.95. The van der Waals surface area contributed by atoms with E-state index in [2.05, 4.69) is 35.5 Å². The van der Waals surface area contributed by atoms with E-state index < -0.39 is 0 Å². The summed E-state index contributed by atoms with van der Waals surface area (Å²) in [4.78, 5) is 19.5. The number of aliphatic hydroxyl groups excluding tert-OH is 1. The molecule has 2 heterocycles. The number of aliphatic imine (C=N–C) groups is 1. The zero-order valence-corrected chi connectivity index (χ0v) is 18.8. The van der Waals surface area contributed by atoms with Crippen LogP contribution in [0.5, 0.6) is 0 Å². The lowest BCUT2D eigenvalue weighted by atomic mass is 10.1. The summed E-state index contributed by atoms with van der Waals surface area (Å²) < 4.78 is 1.55. The first-order valence-corrected chi connectivity index (χ1v) is 10.7. The first-order valence-electron chi connectivity index (χ1n) is 10.7. The molecule has 1 amide bonds. The third-order valence-corrected chi connectivity index (χ3v) is 5.35. The van der Waals surface area contributed by atoms with Gasteiger partial charge in [0.2, 0.25) is 5.91 Å². The molecule has 1 aromatic heterocycles. The van der Waals surface area contributed by atoms with E-state index in [1.807, 2.05) is 42.3 Å². The van der Waals surface area contributed by atoms with Crippen molar-refractivity contribution in [3.63, 3.8) is 0 Å². The molecule has 0 radical (unpaired) electrons. The molecule has 1 aliphatic heterocycles. The van der Waals surface area contributed by atoms with Crippen LogP contribution in [0.15, 0.2) is 47.6 Å². The highest BCUT2D eigenvalue weighted by atomic mass is 16.3. The number of carbonyl (C=O) groups is 1. The molecule has 33 heavy (non-hydrogen) atoms. The van der Waals surface area contributed by atoms with E-state index in [-0.39, 0.29) is 18.9 Å². The van der Waals surface area contributed by atoms with Crippen molar-refractivity contribution in [3.8, 4) is 11.8 Å². The molecule has 3 aromatic rings. The minimum atomic E-state index is -0.207. The zero-order chi connectivity index (χ0) is 23.5. The first-order chi connectivity index (χ1) is 15.9. The van der Waals surface area contributed by atoms with Gasteiger partial charge in [0.25, 0.3) is 0 Å². The van der Waals surface area contributed by atoms with E-state index in [9.17, 15) is 15.2 Å². The minimum absolute atomic E-state index is 0.0847. The maximum absolute atomic E-state index is 12.7. The Hall–Kier alpha value is -4.03. The number of aromatic nitrogens is 3. The highest BCUT2D eigenvalue weighted by Crippen LogP contribution is 2.36. The smallest absolute Gasteiger partial charge is 0.230 e. The van der Waals surface area contributed by atoms with Crippen LogP contribution < -0.4 is 10.2 Å². The molecule has 0 saturated heterocycles. The van der Waals surface area contributed by atoms with Gasteiger partial charge >= 0.3 is 0 Å². The van der Waals surface area contributed by atoms with Crippen molar-refractivity contribution < 1.29 is 9.90 Å². The van der Waals surface area contributed by atoms with Crippen LogP contribution in [0.25, 0.3) is 5.69 Å². The third kappa shape index (κ3) is 4.61. The second kappa shape index (κ2) is 9.22. The highest BCUT2D eigenvalue weighted by molar-refractivity contribution is 6.17. The van der Waals surface area contributed by atoms with Gasteiger partial charge in [0.05, 0.1) is 58.9 Å². The van der Waals surface area contributed by atoms with Gasteiger partial charge in [-0.1, -0.05) is 31.2 Å². The van der Waals surface area contributed by atoms with Crippen molar-refractivity contribution in [3.05, 3.63) is 59.4 Å². The average Bonchev–Trinajstić information content (AvgIpc) is 3.21. The van der Waals surface area contributed by atoms with Crippen LogP contribution in [0.3, 0.4) is 0 Å². The van der Waals surface area contributed by atoms with E-state index in [4.69, 9.17) is 4.99 Å². The van der Waals surface area contributed by atoms with E-state index in [0.717, 1.165) is 17.8 Å². The molecule has 0 saturated carbocycles. The molecule has 168 valence electrons. The summed E-state index contributed by atoms with van der Waals surface area (Å²) in [5.41, 5.74) is 5.00. The molecule has 4 rings (SSSR count). The van der Waals surface area contributed by atoms with Crippen molar-refractivity contribution in [1.82, 2.24) is 15.0 Å². The predicted octanol–water partition coefficient (Wildman–Crippen LogP) is 3.19. The quantitative estimate of drug-likeness (QED) is 0.604. The van der Waals surface area contributed by atoms with Crippen molar-refractivity contribution in [2.45, 2.75) is 26.9 Å². The number of nitrogens with zero attached hydrogens (tertiary/aromatic N) is 6. The van der Waals surface area contributed by atoms with Gasteiger partial charge < -0.3 is 15.3 Å². The maximum Gasteiger partial charge on any atom is 0.230 e. The summed E-state index contributed by atoms with van der Waals surface area (Å²) in [6.45, 7) is 4.82. The predicted molar refractivity (Wildman–Crippen MR) is 126 cm³/mol. The van der Waals surface area contributed by atoms with Gasteiger partial charge in [-0.2, -0.15) is 5.26 Å². The number of nitriles is 1. The highest BCUT2D eigenvalue weighted by Gasteiger charge is 2.21. The average molecular weight is 444 g/mol. The molecule has 9 heteroatoms. The van der Waals surface area contributed by atoms with Crippen molar-refractivity contribution in [2.24, 2.45) is 10.9 Å². The molecule has 0 aliphatic carbocycles. The van der Waals surface area contributed by atoms with Gasteiger partial charge in [-0.3, -0.25) is 9.79 Å². The molecular formula is C24H25N7O2. The van der Waals surface area contributed by atoms with Gasteiger partial charge in [0.15, 0.2) is 0 Å². The van der Waals surface area contributed by atoms with Crippen LogP contribution in [-0.2, 0) is 11.4 Å². The van der Waals surface area contributed by atoms with E-state index in [0.29, 0.717) is 39.9 Å². The Morgan fingerprint density at radius 3 is 2.85 bits per heavy atom. The van der Waals surface area contributed by atoms with Gasteiger partial charge in [-0.15, -0.1) is 5.10 Å². The molecule has 0 spiro atoms. The number of hydrogen-bond donors (Lipinski definition) is 2. The number of anilines is 2. The number of carbonyl (C=O) groups excluding carboxylic acids is 1. The lowest BCUT2D eigenvalue weighted by molar-refractivity contribution is -0.115. The molecule has 0 bridgehead atoms. The molecular weight excluding hydrogens is 418 g/mol. The summed E-state index contributed by atoms with van der Waals surface area (Å²) in [5, 5.41) is 30.0. The summed E-state index contributed by atoms with van der Waals surface area (Å²) in [6, 6.07) is 13.2. The normalized spacial score (nSPS) is 13.1. The van der Waals surface area contributed by atoms with Crippen LogP contribution in [-0.4, -0.2) is 45.3 Å². The number of rotatable bonds is 6. The second-order valence-electron chi connectivity index (χ2n) is 8.40. The topological polar surface area (TPSA) is 119 Å². The van der Waals surface area contributed by atoms with Gasteiger partial charge in [-0.05, 0) is 35.7 Å². The fourth-order valence-corrected chi connectivity index (χ4v) is 3.92. The SMILES string of the molecule is CC(C)CN(C)c1cc2c(cc1C#N)NC(=O)CC(c1cccc(-n3nncc3CO)c1)=N2. The Labute approximate surface area is 192 Å². The lowest BCUT2D eigenvalue weighted by Crippen LogP contribution is -2.23. The van der Waals surface area contributed by atoms with Crippen LogP contribution >= 0.6 is 0 Å². The fraction of sp³-hybridized carbons (Fsp3) is 0.292. The monoisotopic (exact) mass is 443 g/mol. The largest absolute Gasteiger partial charge is 0.390 e. The van der Waals surface area contributed by atoms with E-state index in [1.165, 1.54) is 6.20 Å². The fourth-order valence-electron chi connectivity index (χ4n) is 3.92. The Bertz CT molecular complexity index is 1270. The van der Waals surface area contributed by atoms with E-state index in [1.54, 1.807) is 10.7 Å². The Kier molecular flexibility index (Phi) is 6.20. The lowest BCUT2D eigenvalue weighted by Gasteiger charge is -2.23. The van der Waals surface area contributed by atoms with E-state index >= 15 is 0 Å². The summed E-state index contributed by atoms with van der Waals surface area (Å²) in [6.07, 6.45) is 1.59. The molecule has 2 N–H and O–H groups in total. The molecule has 2 aromatic carbocycles. The number of amides is 1. The first kappa shape index (κ1) is 22.2. The number of fused-ring (bicyclic) bond motifs is 1. The van der Waals surface area contributed by atoms with Crippen LogP contribution in [0.1, 0.15) is 37.1 Å². The second-order valence-corrected chi connectivity index (χ2v) is 8.40. The van der Waals surface area contributed by atoms with Crippen molar-refractivity contribution in [2.75, 3.05) is 23.8 Å². The van der Waals surface area contributed by atoms with Gasteiger partial charge in [0, 0.05) is 13.6 Å². The van der Waals surface area contributed by atoms with Crippen LogP contribution in [0, 0.1) is 17.2 Å².